The van der Waals surface area contributed by atoms with E-state index in [-0.39, 0.29) is 23.1 Å². The zero-order chi connectivity index (χ0) is 15.9. The van der Waals surface area contributed by atoms with Gasteiger partial charge >= 0.3 is 0 Å². The molecule has 1 aromatic heterocycles. The van der Waals surface area contributed by atoms with Crippen LogP contribution in [0.1, 0.15) is 24.4 Å². The maximum atomic E-state index is 13.0. The summed E-state index contributed by atoms with van der Waals surface area (Å²) in [4.78, 5) is 19.1. The molecule has 0 saturated carbocycles. The van der Waals surface area contributed by atoms with E-state index in [4.69, 9.17) is 0 Å². The molecule has 2 saturated heterocycles. The van der Waals surface area contributed by atoms with Crippen LogP contribution in [-0.4, -0.2) is 29.1 Å². The second-order valence-electron chi connectivity index (χ2n) is 6.29. The van der Waals surface area contributed by atoms with Gasteiger partial charge in [0.2, 0.25) is 5.91 Å². The number of carbonyl (C=O) groups is 1. The first-order valence-electron chi connectivity index (χ1n) is 7.96. The lowest BCUT2D eigenvalue weighted by Crippen LogP contribution is -2.66. The molecule has 5 nitrogen and oxygen atoms in total. The van der Waals surface area contributed by atoms with Crippen molar-refractivity contribution in [3.8, 4) is 5.75 Å². The van der Waals surface area contributed by atoms with Gasteiger partial charge in [0.25, 0.3) is 0 Å². The fraction of sp³-hybridized carbons (Fsp3) is 0.333. The highest BCUT2D eigenvalue weighted by atomic mass is 16.3. The molecule has 5 heteroatoms. The third-order valence-electron chi connectivity index (χ3n) is 5.03. The Hall–Kier alpha value is -2.40. The molecule has 1 spiro atoms. The largest absolute Gasteiger partial charge is 0.508 e. The van der Waals surface area contributed by atoms with Crippen LogP contribution in [0.3, 0.4) is 0 Å². The Bertz CT molecular complexity index is 726. The summed E-state index contributed by atoms with van der Waals surface area (Å²) in [5, 5.41) is 13.1. The summed E-state index contributed by atoms with van der Waals surface area (Å²) < 4.78 is 0. The number of aromatic hydroxyl groups is 1. The predicted octanol–water partition coefficient (Wildman–Crippen LogP) is 2.24. The van der Waals surface area contributed by atoms with Crippen molar-refractivity contribution in [2.24, 2.45) is 5.41 Å². The summed E-state index contributed by atoms with van der Waals surface area (Å²) in [6.45, 7) is 1.72. The van der Waals surface area contributed by atoms with Crippen molar-refractivity contribution >= 4 is 11.6 Å². The molecule has 2 aliphatic rings. The number of hydrogen-bond donors (Lipinski definition) is 2. The van der Waals surface area contributed by atoms with Crippen molar-refractivity contribution in [1.82, 2.24) is 10.3 Å². The smallest absolute Gasteiger partial charge is 0.236 e. The number of piperidine rings is 1. The zero-order valence-electron chi connectivity index (χ0n) is 12.8. The number of phenolic OH excluding ortho intramolecular Hbond substituents is 1. The first-order valence-corrected chi connectivity index (χ1v) is 7.96. The molecule has 1 aromatic carbocycles. The normalized spacial score (nSPS) is 22.9. The Kier molecular flexibility index (Phi) is 3.31. The van der Waals surface area contributed by atoms with E-state index < -0.39 is 0 Å². The number of pyridine rings is 1. The maximum absolute atomic E-state index is 13.0. The molecule has 3 heterocycles. The van der Waals surface area contributed by atoms with E-state index in [9.17, 15) is 9.90 Å². The van der Waals surface area contributed by atoms with Gasteiger partial charge in [-0.25, -0.2) is 0 Å². The molecule has 2 N–H and O–H groups in total. The number of hydrogen-bond acceptors (Lipinski definition) is 4. The van der Waals surface area contributed by atoms with E-state index in [1.54, 1.807) is 24.4 Å². The molecule has 0 bridgehead atoms. The Labute approximate surface area is 135 Å². The van der Waals surface area contributed by atoms with Gasteiger partial charge < -0.3 is 15.3 Å². The lowest BCUT2D eigenvalue weighted by atomic mass is 9.62. The predicted molar refractivity (Wildman–Crippen MR) is 87.1 cm³/mol. The first kappa shape index (κ1) is 14.2. The fourth-order valence-corrected chi connectivity index (χ4v) is 3.93. The lowest BCUT2D eigenvalue weighted by Gasteiger charge is -2.57. The van der Waals surface area contributed by atoms with Gasteiger partial charge in [0.15, 0.2) is 0 Å². The van der Waals surface area contributed by atoms with Crippen molar-refractivity contribution in [3.05, 3.63) is 54.4 Å². The topological polar surface area (TPSA) is 65.5 Å². The standard InChI is InChI=1S/C18H19N3O2/c22-15-5-1-4-14(11-15)21-16(13-3-2-8-20-12-13)18(17(21)23)6-9-19-10-7-18/h1-5,8,11-12,16,19,22H,6-7,9-10H2. The van der Waals surface area contributed by atoms with Crippen LogP contribution in [0.2, 0.25) is 0 Å². The number of β-lactam (4-membered cyclic amide) rings is 1. The summed E-state index contributed by atoms with van der Waals surface area (Å²) in [5.74, 6) is 0.324. The zero-order valence-corrected chi connectivity index (χ0v) is 12.8. The van der Waals surface area contributed by atoms with E-state index >= 15 is 0 Å². The van der Waals surface area contributed by atoms with Crippen molar-refractivity contribution in [1.29, 1.82) is 0 Å². The van der Waals surface area contributed by atoms with Gasteiger partial charge in [-0.15, -0.1) is 0 Å². The number of nitrogens with one attached hydrogen (secondary N) is 1. The summed E-state index contributed by atoms with van der Waals surface area (Å²) in [6.07, 6.45) is 5.26. The van der Waals surface area contributed by atoms with Crippen LogP contribution in [0.25, 0.3) is 0 Å². The van der Waals surface area contributed by atoms with E-state index in [0.717, 1.165) is 37.2 Å². The molecular formula is C18H19N3O2. The van der Waals surface area contributed by atoms with Crippen molar-refractivity contribution in [2.45, 2.75) is 18.9 Å². The van der Waals surface area contributed by atoms with Gasteiger partial charge in [-0.1, -0.05) is 12.1 Å². The van der Waals surface area contributed by atoms with E-state index in [1.165, 1.54) is 0 Å². The van der Waals surface area contributed by atoms with E-state index in [2.05, 4.69) is 10.3 Å². The summed E-state index contributed by atoms with van der Waals surface area (Å²) in [6, 6.07) is 10.8. The number of carbonyl (C=O) groups excluding carboxylic acids is 1. The molecule has 118 valence electrons. The molecular weight excluding hydrogens is 290 g/mol. The van der Waals surface area contributed by atoms with Gasteiger partial charge in [-0.3, -0.25) is 9.78 Å². The summed E-state index contributed by atoms with van der Waals surface area (Å²) in [7, 11) is 0. The van der Waals surface area contributed by atoms with Crippen LogP contribution in [0.15, 0.2) is 48.8 Å². The Morgan fingerprint density at radius 2 is 2.04 bits per heavy atom. The van der Waals surface area contributed by atoms with Crippen LogP contribution in [0.5, 0.6) is 5.75 Å². The average molecular weight is 309 g/mol. The van der Waals surface area contributed by atoms with Crippen LogP contribution in [0, 0.1) is 5.41 Å². The molecule has 4 rings (SSSR count). The molecule has 0 aliphatic carbocycles. The van der Waals surface area contributed by atoms with Crippen molar-refractivity contribution in [2.75, 3.05) is 18.0 Å². The summed E-state index contributed by atoms with van der Waals surface area (Å²) in [5.41, 5.74) is 1.45. The number of benzene rings is 1. The highest BCUT2D eigenvalue weighted by Crippen LogP contribution is 2.56. The number of nitrogens with zero attached hydrogens (tertiary/aromatic N) is 2. The molecule has 2 aromatic rings. The van der Waals surface area contributed by atoms with Gasteiger partial charge in [0, 0.05) is 24.1 Å². The minimum absolute atomic E-state index is 0.0207. The van der Waals surface area contributed by atoms with Crippen LogP contribution >= 0.6 is 0 Å². The third kappa shape index (κ3) is 2.11. The Morgan fingerprint density at radius 3 is 2.74 bits per heavy atom. The van der Waals surface area contributed by atoms with Crippen molar-refractivity contribution in [3.63, 3.8) is 0 Å². The fourth-order valence-electron chi connectivity index (χ4n) is 3.93. The number of aromatic nitrogens is 1. The van der Waals surface area contributed by atoms with Gasteiger partial charge in [-0.2, -0.15) is 0 Å². The van der Waals surface area contributed by atoms with Crippen molar-refractivity contribution < 1.29 is 9.90 Å². The number of amides is 1. The second-order valence-corrected chi connectivity index (χ2v) is 6.29. The molecule has 0 radical (unpaired) electrons. The monoisotopic (exact) mass is 309 g/mol. The molecule has 1 unspecified atom stereocenters. The highest BCUT2D eigenvalue weighted by molar-refractivity contribution is 6.06. The number of rotatable bonds is 2. The lowest BCUT2D eigenvalue weighted by molar-refractivity contribution is -0.142. The first-order chi connectivity index (χ1) is 11.2. The SMILES string of the molecule is O=C1N(c2cccc(O)c2)C(c2cccnc2)C12CCNCC2. The molecule has 23 heavy (non-hydrogen) atoms. The highest BCUT2D eigenvalue weighted by Gasteiger charge is 2.61. The maximum Gasteiger partial charge on any atom is 0.236 e. The average Bonchev–Trinajstić information content (AvgIpc) is 2.60. The van der Waals surface area contributed by atoms with Crippen LogP contribution in [-0.2, 0) is 4.79 Å². The molecule has 2 aliphatic heterocycles. The third-order valence-corrected chi connectivity index (χ3v) is 5.03. The second kappa shape index (κ2) is 5.35. The molecule has 2 fully saturated rings. The van der Waals surface area contributed by atoms with E-state index in [1.807, 2.05) is 29.3 Å². The number of anilines is 1. The molecule has 1 atom stereocenters. The Balaban J connectivity index is 1.78. The molecule has 1 amide bonds. The minimum atomic E-state index is -0.347. The van der Waals surface area contributed by atoms with Gasteiger partial charge in [0.1, 0.15) is 5.75 Å². The van der Waals surface area contributed by atoms with E-state index in [0.29, 0.717) is 0 Å². The number of phenols is 1. The van der Waals surface area contributed by atoms with Gasteiger partial charge in [0.05, 0.1) is 11.5 Å². The van der Waals surface area contributed by atoms with Gasteiger partial charge in [-0.05, 0) is 49.7 Å². The summed E-state index contributed by atoms with van der Waals surface area (Å²) >= 11 is 0. The Morgan fingerprint density at radius 1 is 1.22 bits per heavy atom. The minimum Gasteiger partial charge on any atom is -0.508 e. The quantitative estimate of drug-likeness (QED) is 0.835. The van der Waals surface area contributed by atoms with Crippen LogP contribution in [0.4, 0.5) is 5.69 Å². The van der Waals surface area contributed by atoms with Crippen LogP contribution < -0.4 is 10.2 Å².